The lowest BCUT2D eigenvalue weighted by Crippen LogP contribution is -2.38. The van der Waals surface area contributed by atoms with Gasteiger partial charge in [0.15, 0.2) is 0 Å². The molecule has 4 heteroatoms. The van der Waals surface area contributed by atoms with Gasteiger partial charge in [-0.3, -0.25) is 4.79 Å². The van der Waals surface area contributed by atoms with Gasteiger partial charge in [0.25, 0.3) is 0 Å². The minimum Gasteiger partial charge on any atom is -0.494 e. The first-order valence-electron chi connectivity index (χ1n) is 6.91. The Morgan fingerprint density at radius 2 is 2.37 bits per heavy atom. The summed E-state index contributed by atoms with van der Waals surface area (Å²) in [5.74, 6) is -0.0890. The highest BCUT2D eigenvalue weighted by molar-refractivity contribution is 5.71. The summed E-state index contributed by atoms with van der Waals surface area (Å²) in [6, 6.07) is 7.92. The van der Waals surface area contributed by atoms with Gasteiger partial charge in [-0.2, -0.15) is 0 Å². The fourth-order valence-corrected chi connectivity index (χ4v) is 2.40. The molecule has 0 aromatic heterocycles. The van der Waals surface area contributed by atoms with Gasteiger partial charge in [0.1, 0.15) is 5.75 Å². The first-order valence-corrected chi connectivity index (χ1v) is 6.91. The molecule has 0 saturated carbocycles. The van der Waals surface area contributed by atoms with Gasteiger partial charge in [-0.15, -0.1) is 0 Å². The molecule has 1 aromatic rings. The molecule has 0 bridgehead atoms. The Hall–Kier alpha value is -1.71. The van der Waals surface area contributed by atoms with Crippen LogP contribution in [0.1, 0.15) is 26.2 Å². The van der Waals surface area contributed by atoms with Crippen molar-refractivity contribution in [1.82, 2.24) is 0 Å². The minimum absolute atomic E-state index is 0.256. The summed E-state index contributed by atoms with van der Waals surface area (Å²) in [5, 5.41) is 9.12. The van der Waals surface area contributed by atoms with E-state index in [1.54, 1.807) is 0 Å². The zero-order chi connectivity index (χ0) is 13.7. The Morgan fingerprint density at radius 1 is 1.53 bits per heavy atom. The Kier molecular flexibility index (Phi) is 4.66. The van der Waals surface area contributed by atoms with Crippen LogP contribution in [-0.2, 0) is 4.79 Å². The van der Waals surface area contributed by atoms with Crippen LogP contribution < -0.4 is 9.64 Å². The van der Waals surface area contributed by atoms with Crippen molar-refractivity contribution in [2.24, 2.45) is 5.92 Å². The monoisotopic (exact) mass is 263 g/mol. The van der Waals surface area contributed by atoms with Crippen molar-refractivity contribution in [3.63, 3.8) is 0 Å². The molecule has 1 aliphatic heterocycles. The zero-order valence-corrected chi connectivity index (χ0v) is 11.3. The van der Waals surface area contributed by atoms with Crippen LogP contribution in [0.2, 0.25) is 0 Å². The maximum Gasteiger partial charge on any atom is 0.308 e. The molecule has 0 aliphatic carbocycles. The summed E-state index contributed by atoms with van der Waals surface area (Å²) < 4.78 is 5.62. The number of carboxylic acids is 1. The average molecular weight is 263 g/mol. The molecule has 1 unspecified atom stereocenters. The molecule has 104 valence electrons. The summed E-state index contributed by atoms with van der Waals surface area (Å²) in [4.78, 5) is 13.2. The first-order chi connectivity index (χ1) is 9.20. The van der Waals surface area contributed by atoms with Crippen molar-refractivity contribution in [3.05, 3.63) is 24.3 Å². The molecular formula is C15H21NO3. The van der Waals surface area contributed by atoms with Crippen LogP contribution in [0.4, 0.5) is 5.69 Å². The van der Waals surface area contributed by atoms with Gasteiger partial charge in [-0.1, -0.05) is 13.0 Å². The second kappa shape index (κ2) is 6.45. The maximum atomic E-state index is 11.1. The van der Waals surface area contributed by atoms with Crippen molar-refractivity contribution in [1.29, 1.82) is 0 Å². The topological polar surface area (TPSA) is 49.8 Å². The highest BCUT2D eigenvalue weighted by atomic mass is 16.5. The lowest BCUT2D eigenvalue weighted by molar-refractivity contribution is -0.141. The molecule has 2 rings (SSSR count). The van der Waals surface area contributed by atoms with Crippen LogP contribution in [-0.4, -0.2) is 30.8 Å². The molecular weight excluding hydrogens is 242 g/mol. The number of hydrogen-bond acceptors (Lipinski definition) is 3. The van der Waals surface area contributed by atoms with Crippen molar-refractivity contribution in [2.75, 3.05) is 24.6 Å². The average Bonchev–Trinajstić information content (AvgIpc) is 2.45. The van der Waals surface area contributed by atoms with Crippen molar-refractivity contribution in [3.8, 4) is 5.75 Å². The lowest BCUT2D eigenvalue weighted by Gasteiger charge is -2.32. The number of ether oxygens (including phenoxy) is 1. The predicted molar refractivity (Wildman–Crippen MR) is 74.8 cm³/mol. The molecule has 19 heavy (non-hydrogen) atoms. The molecule has 1 aromatic carbocycles. The third-order valence-corrected chi connectivity index (χ3v) is 3.43. The molecule has 4 nitrogen and oxygen atoms in total. The number of anilines is 1. The molecule has 1 N–H and O–H groups in total. The normalized spacial score (nSPS) is 19.2. The molecule has 1 saturated heterocycles. The van der Waals surface area contributed by atoms with Crippen molar-refractivity contribution < 1.29 is 14.6 Å². The highest BCUT2D eigenvalue weighted by Gasteiger charge is 2.25. The zero-order valence-electron chi connectivity index (χ0n) is 11.3. The standard InChI is InChI=1S/C15H21NO3/c1-2-9-19-14-7-3-6-13(10-14)16-8-4-5-12(11-16)15(17)18/h3,6-7,10,12H,2,4-5,8-9,11H2,1H3,(H,17,18). The number of rotatable bonds is 5. The third kappa shape index (κ3) is 3.63. The van der Waals surface area contributed by atoms with Gasteiger partial charge in [-0.05, 0) is 31.4 Å². The van der Waals surface area contributed by atoms with Crippen LogP contribution >= 0.6 is 0 Å². The number of nitrogens with zero attached hydrogens (tertiary/aromatic N) is 1. The second-order valence-corrected chi connectivity index (χ2v) is 4.97. The molecule has 1 heterocycles. The minimum atomic E-state index is -0.692. The Bertz CT molecular complexity index is 433. The Balaban J connectivity index is 2.06. The van der Waals surface area contributed by atoms with E-state index in [1.807, 2.05) is 24.3 Å². The molecule has 0 amide bonds. The number of benzene rings is 1. The fraction of sp³-hybridized carbons (Fsp3) is 0.533. The summed E-state index contributed by atoms with van der Waals surface area (Å²) in [5.41, 5.74) is 1.06. The van der Waals surface area contributed by atoms with E-state index in [2.05, 4.69) is 11.8 Å². The molecule has 1 atom stereocenters. The van der Waals surface area contributed by atoms with Crippen molar-refractivity contribution >= 4 is 11.7 Å². The molecule has 1 fully saturated rings. The summed E-state index contributed by atoms with van der Waals surface area (Å²) in [6.45, 7) is 4.29. The van der Waals surface area contributed by atoms with E-state index >= 15 is 0 Å². The van der Waals surface area contributed by atoms with Gasteiger partial charge in [-0.25, -0.2) is 0 Å². The highest BCUT2D eigenvalue weighted by Crippen LogP contribution is 2.26. The van der Waals surface area contributed by atoms with Gasteiger partial charge in [0, 0.05) is 24.8 Å². The summed E-state index contributed by atoms with van der Waals surface area (Å²) in [6.07, 6.45) is 2.68. The van der Waals surface area contributed by atoms with E-state index in [9.17, 15) is 4.79 Å². The van der Waals surface area contributed by atoms with E-state index in [1.165, 1.54) is 0 Å². The Morgan fingerprint density at radius 3 is 3.11 bits per heavy atom. The lowest BCUT2D eigenvalue weighted by atomic mass is 9.98. The van der Waals surface area contributed by atoms with Crippen LogP contribution in [0.15, 0.2) is 24.3 Å². The number of piperidine rings is 1. The van der Waals surface area contributed by atoms with E-state index in [4.69, 9.17) is 9.84 Å². The number of carbonyl (C=O) groups is 1. The van der Waals surface area contributed by atoms with Crippen LogP contribution in [0.3, 0.4) is 0 Å². The van der Waals surface area contributed by atoms with Crippen LogP contribution in [0.5, 0.6) is 5.75 Å². The molecule has 0 spiro atoms. The summed E-state index contributed by atoms with van der Waals surface area (Å²) in [7, 11) is 0. The van der Waals surface area contributed by atoms with E-state index < -0.39 is 5.97 Å². The predicted octanol–water partition coefficient (Wildman–Crippen LogP) is 2.78. The molecule has 1 aliphatic rings. The number of carboxylic acid groups (broad SMARTS) is 1. The van der Waals surface area contributed by atoms with E-state index in [0.29, 0.717) is 13.2 Å². The van der Waals surface area contributed by atoms with Crippen molar-refractivity contribution in [2.45, 2.75) is 26.2 Å². The van der Waals surface area contributed by atoms with Gasteiger partial charge >= 0.3 is 5.97 Å². The quantitative estimate of drug-likeness (QED) is 0.887. The largest absolute Gasteiger partial charge is 0.494 e. The summed E-state index contributed by atoms with van der Waals surface area (Å²) >= 11 is 0. The van der Waals surface area contributed by atoms with Gasteiger partial charge in [0.05, 0.1) is 12.5 Å². The smallest absolute Gasteiger partial charge is 0.308 e. The third-order valence-electron chi connectivity index (χ3n) is 3.43. The van der Waals surface area contributed by atoms with Crippen LogP contribution in [0, 0.1) is 5.92 Å². The fourth-order valence-electron chi connectivity index (χ4n) is 2.40. The maximum absolute atomic E-state index is 11.1. The van der Waals surface area contributed by atoms with Gasteiger partial charge < -0.3 is 14.7 Å². The van der Waals surface area contributed by atoms with Gasteiger partial charge in [0.2, 0.25) is 0 Å². The van der Waals surface area contributed by atoms with E-state index in [-0.39, 0.29) is 5.92 Å². The molecule has 0 radical (unpaired) electrons. The SMILES string of the molecule is CCCOc1cccc(N2CCCC(C(=O)O)C2)c1. The van der Waals surface area contributed by atoms with E-state index in [0.717, 1.165) is 37.2 Å². The number of aliphatic carboxylic acids is 1. The number of hydrogen-bond donors (Lipinski definition) is 1. The van der Waals surface area contributed by atoms with Crippen LogP contribution in [0.25, 0.3) is 0 Å². The second-order valence-electron chi connectivity index (χ2n) is 4.97. The Labute approximate surface area is 114 Å². The first kappa shape index (κ1) is 13.7.